The van der Waals surface area contributed by atoms with Crippen molar-refractivity contribution in [2.45, 2.75) is 76.7 Å². The number of rotatable bonds is 10. The van der Waals surface area contributed by atoms with Gasteiger partial charge in [-0.2, -0.15) is 0 Å². The fourth-order valence-electron chi connectivity index (χ4n) is 3.41. The Morgan fingerprint density at radius 3 is 2.35 bits per heavy atom. The fourth-order valence-corrected chi connectivity index (χ4v) is 3.41. The summed E-state index contributed by atoms with van der Waals surface area (Å²) in [5.41, 5.74) is 2.01. The van der Waals surface area contributed by atoms with Crippen LogP contribution in [0.25, 0.3) is 0 Å². The summed E-state index contributed by atoms with van der Waals surface area (Å²) in [5, 5.41) is 3.85. The molecule has 20 heavy (non-hydrogen) atoms. The summed E-state index contributed by atoms with van der Waals surface area (Å²) in [6.07, 6.45) is 10.8. The van der Waals surface area contributed by atoms with Crippen molar-refractivity contribution < 1.29 is 0 Å². The van der Waals surface area contributed by atoms with Crippen LogP contribution in [-0.4, -0.2) is 12.6 Å². The molecule has 1 fully saturated rings. The molecule has 0 radical (unpaired) electrons. The van der Waals surface area contributed by atoms with E-state index < -0.39 is 0 Å². The van der Waals surface area contributed by atoms with Crippen molar-refractivity contribution in [2.75, 3.05) is 6.54 Å². The zero-order valence-electron chi connectivity index (χ0n) is 13.3. The van der Waals surface area contributed by atoms with Crippen LogP contribution in [0.2, 0.25) is 0 Å². The first-order valence-electron chi connectivity index (χ1n) is 8.62. The molecular formula is C19H31N. The molecule has 0 saturated heterocycles. The normalized spacial score (nSPS) is 17.9. The summed E-state index contributed by atoms with van der Waals surface area (Å²) < 4.78 is 0. The fraction of sp³-hybridized carbons (Fsp3) is 0.684. The molecule has 112 valence electrons. The zero-order chi connectivity index (χ0) is 14.3. The first-order valence-corrected chi connectivity index (χ1v) is 8.62. The highest BCUT2D eigenvalue weighted by atomic mass is 14.9. The third-order valence-corrected chi connectivity index (χ3v) is 4.79. The van der Waals surface area contributed by atoms with E-state index in [0.717, 1.165) is 6.54 Å². The number of benzene rings is 1. The predicted molar refractivity (Wildman–Crippen MR) is 88.2 cm³/mol. The second-order valence-electron chi connectivity index (χ2n) is 6.38. The Morgan fingerprint density at radius 1 is 1.00 bits per heavy atom. The van der Waals surface area contributed by atoms with Crippen LogP contribution in [0.15, 0.2) is 30.3 Å². The van der Waals surface area contributed by atoms with Crippen LogP contribution in [-0.2, 0) is 5.41 Å². The van der Waals surface area contributed by atoms with Gasteiger partial charge in [0.2, 0.25) is 0 Å². The van der Waals surface area contributed by atoms with E-state index in [9.17, 15) is 0 Å². The average Bonchev–Trinajstić information content (AvgIpc) is 3.29. The van der Waals surface area contributed by atoms with Crippen molar-refractivity contribution in [2.24, 2.45) is 0 Å². The van der Waals surface area contributed by atoms with Gasteiger partial charge in [-0.05, 0) is 37.8 Å². The molecule has 1 N–H and O–H groups in total. The summed E-state index contributed by atoms with van der Waals surface area (Å²) in [7, 11) is 0. The van der Waals surface area contributed by atoms with Crippen molar-refractivity contribution in [3.8, 4) is 0 Å². The summed E-state index contributed by atoms with van der Waals surface area (Å²) in [6.45, 7) is 5.72. The number of hydrogen-bond donors (Lipinski definition) is 1. The molecular weight excluding hydrogens is 242 g/mol. The van der Waals surface area contributed by atoms with Crippen molar-refractivity contribution >= 4 is 0 Å². The summed E-state index contributed by atoms with van der Waals surface area (Å²) >= 11 is 0. The molecule has 1 aliphatic rings. The van der Waals surface area contributed by atoms with Crippen molar-refractivity contribution in [3.05, 3.63) is 35.9 Å². The van der Waals surface area contributed by atoms with Gasteiger partial charge in [-0.25, -0.2) is 0 Å². The lowest BCUT2D eigenvalue weighted by atomic mass is 9.85. The highest BCUT2D eigenvalue weighted by Gasteiger charge is 2.49. The van der Waals surface area contributed by atoms with Crippen LogP contribution in [0.3, 0.4) is 0 Å². The number of nitrogens with one attached hydrogen (secondary N) is 1. The third kappa shape index (κ3) is 3.85. The van der Waals surface area contributed by atoms with E-state index in [2.05, 4.69) is 49.5 Å². The molecule has 1 nitrogen and oxygen atoms in total. The van der Waals surface area contributed by atoms with Gasteiger partial charge in [0.15, 0.2) is 0 Å². The second-order valence-corrected chi connectivity index (χ2v) is 6.38. The molecule has 1 aromatic carbocycles. The first-order chi connectivity index (χ1) is 9.83. The van der Waals surface area contributed by atoms with Gasteiger partial charge in [0.25, 0.3) is 0 Å². The summed E-state index contributed by atoms with van der Waals surface area (Å²) in [6, 6.07) is 11.9. The van der Waals surface area contributed by atoms with Crippen LogP contribution < -0.4 is 5.32 Å². The molecule has 2 rings (SSSR count). The maximum absolute atomic E-state index is 3.85. The Labute approximate surface area is 125 Å². The molecule has 1 aromatic rings. The van der Waals surface area contributed by atoms with Gasteiger partial charge >= 0.3 is 0 Å². The van der Waals surface area contributed by atoms with Gasteiger partial charge in [-0.1, -0.05) is 69.9 Å². The van der Waals surface area contributed by atoms with Crippen molar-refractivity contribution in [1.82, 2.24) is 5.32 Å². The minimum absolute atomic E-state index is 0.447. The minimum atomic E-state index is 0.447. The quantitative estimate of drug-likeness (QED) is 0.588. The van der Waals surface area contributed by atoms with Crippen molar-refractivity contribution in [3.63, 3.8) is 0 Å². The lowest BCUT2D eigenvalue weighted by Gasteiger charge is -2.29. The van der Waals surface area contributed by atoms with Crippen molar-refractivity contribution in [1.29, 1.82) is 0 Å². The largest absolute Gasteiger partial charge is 0.313 e. The molecule has 1 aliphatic carbocycles. The van der Waals surface area contributed by atoms with E-state index in [1.165, 1.54) is 51.4 Å². The molecule has 1 unspecified atom stereocenters. The van der Waals surface area contributed by atoms with Crippen LogP contribution in [0, 0.1) is 0 Å². The Hall–Kier alpha value is -0.820. The van der Waals surface area contributed by atoms with E-state index in [4.69, 9.17) is 0 Å². The van der Waals surface area contributed by atoms with Gasteiger partial charge in [0.1, 0.15) is 0 Å². The van der Waals surface area contributed by atoms with Gasteiger partial charge < -0.3 is 5.32 Å². The Balaban J connectivity index is 1.98. The van der Waals surface area contributed by atoms with Gasteiger partial charge in [0.05, 0.1) is 0 Å². The van der Waals surface area contributed by atoms with E-state index >= 15 is 0 Å². The van der Waals surface area contributed by atoms with E-state index in [0.29, 0.717) is 11.5 Å². The number of hydrogen-bond acceptors (Lipinski definition) is 1. The summed E-state index contributed by atoms with van der Waals surface area (Å²) in [4.78, 5) is 0. The van der Waals surface area contributed by atoms with Gasteiger partial charge in [0, 0.05) is 11.5 Å². The topological polar surface area (TPSA) is 12.0 Å². The predicted octanol–water partition coefficient (Wildman–Crippen LogP) is 5.06. The third-order valence-electron chi connectivity index (χ3n) is 4.79. The summed E-state index contributed by atoms with van der Waals surface area (Å²) in [5.74, 6) is 0. The van der Waals surface area contributed by atoms with Crippen LogP contribution in [0.5, 0.6) is 0 Å². The molecule has 0 bridgehead atoms. The monoisotopic (exact) mass is 273 g/mol. The zero-order valence-corrected chi connectivity index (χ0v) is 13.3. The molecule has 0 heterocycles. The maximum Gasteiger partial charge on any atom is 0.0164 e. The molecule has 0 spiro atoms. The first kappa shape index (κ1) is 15.6. The lowest BCUT2D eigenvalue weighted by molar-refractivity contribution is 0.378. The highest BCUT2D eigenvalue weighted by molar-refractivity contribution is 5.33. The Kier molecular flexibility index (Phi) is 6.09. The van der Waals surface area contributed by atoms with E-state index in [1.807, 2.05) is 0 Å². The Morgan fingerprint density at radius 2 is 1.75 bits per heavy atom. The maximum atomic E-state index is 3.85. The van der Waals surface area contributed by atoms with Crippen LogP contribution >= 0.6 is 0 Å². The molecule has 1 heteroatoms. The molecule has 1 atom stereocenters. The van der Waals surface area contributed by atoms with Gasteiger partial charge in [-0.15, -0.1) is 0 Å². The molecule has 0 aromatic heterocycles. The average molecular weight is 273 g/mol. The molecule has 0 amide bonds. The standard InChI is InChI=1S/C19H31N/c1-3-5-6-10-13-18(20-16-4-2)19(14-15-19)17-11-8-7-9-12-17/h7-9,11-12,18,20H,3-6,10,13-16H2,1-2H3. The smallest absolute Gasteiger partial charge is 0.0164 e. The van der Waals surface area contributed by atoms with Gasteiger partial charge in [-0.3, -0.25) is 0 Å². The van der Waals surface area contributed by atoms with Crippen LogP contribution in [0.1, 0.15) is 70.8 Å². The SMILES string of the molecule is CCCCCCC(NCCC)C1(c2ccccc2)CC1. The second kappa shape index (κ2) is 7.83. The van der Waals surface area contributed by atoms with Crippen LogP contribution in [0.4, 0.5) is 0 Å². The Bertz CT molecular complexity index is 367. The van der Waals surface area contributed by atoms with E-state index in [-0.39, 0.29) is 0 Å². The highest BCUT2D eigenvalue weighted by Crippen LogP contribution is 2.52. The minimum Gasteiger partial charge on any atom is -0.313 e. The number of unbranched alkanes of at least 4 members (excludes halogenated alkanes) is 3. The molecule has 0 aliphatic heterocycles. The molecule has 1 saturated carbocycles. The van der Waals surface area contributed by atoms with E-state index in [1.54, 1.807) is 5.56 Å². The lowest BCUT2D eigenvalue weighted by Crippen LogP contribution is -2.40.